The molecule has 2 unspecified atom stereocenters. The van der Waals surface area contributed by atoms with Crippen LogP contribution in [0.25, 0.3) is 0 Å². The van der Waals surface area contributed by atoms with Gasteiger partial charge in [-0.1, -0.05) is 49.4 Å². The van der Waals surface area contributed by atoms with Crippen LogP contribution in [0.5, 0.6) is 0 Å². The normalized spacial score (nSPS) is 25.7. The highest BCUT2D eigenvalue weighted by atomic mass is 32.2. The number of likely N-dealkylation sites (tertiary alicyclic amines) is 1. The zero-order chi connectivity index (χ0) is 17.5. The molecule has 0 N–H and O–H groups in total. The average molecular weight is 356 g/mol. The maximum Gasteiger partial charge on any atom is 0.182 e. The van der Waals surface area contributed by atoms with Crippen molar-refractivity contribution in [3.05, 3.63) is 65.7 Å². The summed E-state index contributed by atoms with van der Waals surface area (Å²) in [5.74, 6) is 0.932. The van der Waals surface area contributed by atoms with Gasteiger partial charge in [0, 0.05) is 19.6 Å². The maximum absolute atomic E-state index is 12.7. The molecule has 25 heavy (non-hydrogen) atoms. The van der Waals surface area contributed by atoms with Crippen molar-refractivity contribution in [3.8, 4) is 0 Å². The lowest BCUT2D eigenvalue weighted by molar-refractivity contribution is 0.269. The second-order valence-electron chi connectivity index (χ2n) is 7.63. The Hall–Kier alpha value is -1.65. The summed E-state index contributed by atoms with van der Waals surface area (Å²) < 4.78 is 25.5. The monoisotopic (exact) mass is 355 g/mol. The molecule has 2 fully saturated rings. The molecule has 0 spiro atoms. The van der Waals surface area contributed by atoms with Gasteiger partial charge in [-0.25, -0.2) is 8.42 Å². The number of fused-ring (bicyclic) bond motifs is 1. The summed E-state index contributed by atoms with van der Waals surface area (Å²) in [6, 6.07) is 16.7. The smallest absolute Gasteiger partial charge is 0.182 e. The van der Waals surface area contributed by atoms with Gasteiger partial charge < -0.3 is 0 Å². The number of benzene rings is 2. The zero-order valence-corrected chi connectivity index (χ0v) is 15.5. The van der Waals surface area contributed by atoms with Gasteiger partial charge >= 0.3 is 0 Å². The first-order valence-corrected chi connectivity index (χ1v) is 10.7. The maximum atomic E-state index is 12.7. The summed E-state index contributed by atoms with van der Waals surface area (Å²) in [6.07, 6.45) is 2.64. The lowest BCUT2D eigenvalue weighted by atomic mass is 10.0. The van der Waals surface area contributed by atoms with E-state index < -0.39 is 9.84 Å². The molecule has 2 aliphatic rings. The fraction of sp³-hybridized carbons (Fsp3) is 0.429. The Morgan fingerprint density at radius 3 is 2.40 bits per heavy atom. The van der Waals surface area contributed by atoms with E-state index in [1.807, 2.05) is 24.3 Å². The van der Waals surface area contributed by atoms with Crippen LogP contribution in [0.4, 0.5) is 0 Å². The molecule has 0 radical (unpaired) electrons. The average Bonchev–Trinajstić information content (AvgIpc) is 3.19. The molecule has 2 atom stereocenters. The molecule has 132 valence electrons. The summed E-state index contributed by atoms with van der Waals surface area (Å²) in [5.41, 5.74) is 2.64. The van der Waals surface area contributed by atoms with Crippen molar-refractivity contribution in [2.45, 2.75) is 37.0 Å². The molecular weight excluding hydrogens is 330 g/mol. The molecule has 4 rings (SSSR count). The molecule has 1 heterocycles. The highest BCUT2D eigenvalue weighted by Crippen LogP contribution is 2.60. The molecule has 1 aliphatic heterocycles. The van der Waals surface area contributed by atoms with Gasteiger partial charge in [0.2, 0.25) is 0 Å². The van der Waals surface area contributed by atoms with Crippen molar-refractivity contribution in [2.75, 3.05) is 13.1 Å². The highest BCUT2D eigenvalue weighted by Gasteiger charge is 2.57. The van der Waals surface area contributed by atoms with Crippen LogP contribution in [0, 0.1) is 11.3 Å². The first-order valence-electron chi connectivity index (χ1n) is 9.09. The third-order valence-electron chi connectivity index (χ3n) is 6.04. The van der Waals surface area contributed by atoms with Crippen LogP contribution in [0.3, 0.4) is 0 Å². The quantitative estimate of drug-likeness (QED) is 0.789. The molecule has 2 aromatic carbocycles. The third kappa shape index (κ3) is 3.25. The zero-order valence-electron chi connectivity index (χ0n) is 14.7. The Bertz CT molecular complexity index is 858. The van der Waals surface area contributed by atoms with E-state index in [2.05, 4.69) is 17.9 Å². The van der Waals surface area contributed by atoms with Gasteiger partial charge in [0.1, 0.15) is 0 Å². The van der Waals surface area contributed by atoms with Crippen LogP contribution < -0.4 is 0 Å². The van der Waals surface area contributed by atoms with Gasteiger partial charge in [0.15, 0.2) is 9.84 Å². The predicted molar refractivity (Wildman–Crippen MR) is 99.9 cm³/mol. The summed E-state index contributed by atoms with van der Waals surface area (Å²) in [6.45, 7) is 5.48. The predicted octanol–water partition coefficient (Wildman–Crippen LogP) is 3.89. The fourth-order valence-electron chi connectivity index (χ4n) is 4.38. The van der Waals surface area contributed by atoms with Crippen LogP contribution in [0.15, 0.2) is 59.5 Å². The Morgan fingerprint density at radius 1 is 1.04 bits per heavy atom. The number of rotatable bonds is 6. The first kappa shape index (κ1) is 16.8. The van der Waals surface area contributed by atoms with Crippen LogP contribution in [-0.4, -0.2) is 26.4 Å². The van der Waals surface area contributed by atoms with Crippen molar-refractivity contribution >= 4 is 9.84 Å². The Kier molecular flexibility index (Phi) is 4.20. The van der Waals surface area contributed by atoms with E-state index in [4.69, 9.17) is 0 Å². The Labute approximate surface area is 150 Å². The highest BCUT2D eigenvalue weighted by molar-refractivity contribution is 7.90. The van der Waals surface area contributed by atoms with Crippen LogP contribution >= 0.6 is 0 Å². The number of nitrogens with zero attached hydrogens (tertiary/aromatic N) is 1. The fourth-order valence-corrected chi connectivity index (χ4v) is 5.81. The molecule has 1 saturated heterocycles. The van der Waals surface area contributed by atoms with Crippen LogP contribution in [0.1, 0.15) is 30.9 Å². The molecular formula is C21H25NO2S. The van der Waals surface area contributed by atoms with E-state index in [9.17, 15) is 8.42 Å². The number of sulfone groups is 1. The molecule has 2 aromatic rings. The molecule has 4 heteroatoms. The van der Waals surface area contributed by atoms with E-state index in [1.54, 1.807) is 24.3 Å². The van der Waals surface area contributed by atoms with E-state index in [0.29, 0.717) is 10.3 Å². The van der Waals surface area contributed by atoms with E-state index in [1.165, 1.54) is 12.8 Å². The number of hydrogen-bond acceptors (Lipinski definition) is 3. The van der Waals surface area contributed by atoms with Crippen molar-refractivity contribution in [3.63, 3.8) is 0 Å². The number of piperidine rings is 1. The Balaban J connectivity index is 1.52. The van der Waals surface area contributed by atoms with Crippen molar-refractivity contribution in [1.82, 2.24) is 4.90 Å². The summed E-state index contributed by atoms with van der Waals surface area (Å²) in [5, 5.41) is 0. The summed E-state index contributed by atoms with van der Waals surface area (Å²) in [7, 11) is -3.31. The molecule has 3 nitrogen and oxygen atoms in total. The van der Waals surface area contributed by atoms with E-state index >= 15 is 0 Å². The molecule has 1 saturated carbocycles. The lowest BCUT2D eigenvalue weighted by Crippen LogP contribution is -2.25. The topological polar surface area (TPSA) is 37.4 Å². The minimum Gasteiger partial charge on any atom is -0.298 e. The van der Waals surface area contributed by atoms with Gasteiger partial charge in [-0.3, -0.25) is 4.90 Å². The van der Waals surface area contributed by atoms with Gasteiger partial charge in [-0.15, -0.1) is 0 Å². The minimum absolute atomic E-state index is 0.0728. The largest absolute Gasteiger partial charge is 0.298 e. The molecule has 0 aromatic heterocycles. The Morgan fingerprint density at radius 2 is 1.72 bits per heavy atom. The van der Waals surface area contributed by atoms with E-state index in [-0.39, 0.29) is 5.75 Å². The summed E-state index contributed by atoms with van der Waals surface area (Å²) in [4.78, 5) is 2.91. The second-order valence-corrected chi connectivity index (χ2v) is 9.62. The SMILES string of the molecule is CCC12CC1CN(Cc1ccccc1CS(=O)(=O)c1ccccc1)C2. The van der Waals surface area contributed by atoms with Gasteiger partial charge in [0.25, 0.3) is 0 Å². The molecule has 0 amide bonds. The van der Waals surface area contributed by atoms with Gasteiger partial charge in [0.05, 0.1) is 10.6 Å². The third-order valence-corrected chi connectivity index (χ3v) is 7.72. The molecule has 1 aliphatic carbocycles. The van der Waals surface area contributed by atoms with Crippen LogP contribution in [0.2, 0.25) is 0 Å². The second kappa shape index (κ2) is 6.26. The van der Waals surface area contributed by atoms with Crippen molar-refractivity contribution < 1.29 is 8.42 Å². The van der Waals surface area contributed by atoms with E-state index in [0.717, 1.165) is 36.7 Å². The minimum atomic E-state index is -3.31. The van der Waals surface area contributed by atoms with Crippen molar-refractivity contribution in [2.24, 2.45) is 11.3 Å². The van der Waals surface area contributed by atoms with Gasteiger partial charge in [-0.2, -0.15) is 0 Å². The van der Waals surface area contributed by atoms with Gasteiger partial charge in [-0.05, 0) is 47.4 Å². The number of hydrogen-bond donors (Lipinski definition) is 0. The summed E-state index contributed by atoms with van der Waals surface area (Å²) >= 11 is 0. The van der Waals surface area contributed by atoms with Crippen LogP contribution in [-0.2, 0) is 22.1 Å². The standard InChI is InChI=1S/C21H25NO2S/c1-2-21-12-19(21)14-22(16-21)13-17-8-6-7-9-18(17)15-25(23,24)20-10-4-3-5-11-20/h3-11,19H,2,12-16H2,1H3. The molecule has 0 bridgehead atoms. The van der Waals surface area contributed by atoms with Crippen molar-refractivity contribution in [1.29, 1.82) is 0 Å². The lowest BCUT2D eigenvalue weighted by Gasteiger charge is -2.21. The first-order chi connectivity index (χ1) is 12.0.